The van der Waals surface area contributed by atoms with E-state index in [1.807, 2.05) is 13.0 Å². The van der Waals surface area contributed by atoms with Gasteiger partial charge in [-0.15, -0.1) is 24.8 Å². The molecule has 1 aromatic heterocycles. The van der Waals surface area contributed by atoms with Gasteiger partial charge in [0, 0.05) is 24.2 Å². The first-order valence-electron chi connectivity index (χ1n) is 6.76. The number of carbonyl (C=O) groups is 1. The molecule has 0 bridgehead atoms. The van der Waals surface area contributed by atoms with E-state index in [0.717, 1.165) is 11.8 Å². The predicted molar refractivity (Wildman–Crippen MR) is 98.0 cm³/mol. The van der Waals surface area contributed by atoms with E-state index >= 15 is 0 Å². The Hall–Kier alpha value is -1.27. The fourth-order valence-corrected chi connectivity index (χ4v) is 2.08. The summed E-state index contributed by atoms with van der Waals surface area (Å²) in [5.74, 6) is 0.354. The third-order valence-corrected chi connectivity index (χ3v) is 3.29. The minimum Gasteiger partial charge on any atom is -0.481 e. The van der Waals surface area contributed by atoms with Gasteiger partial charge in [0.15, 0.2) is 6.61 Å². The Balaban J connectivity index is 0.00000242. The number of carbonyl (C=O) groups excluding carboxylic acids is 1. The second-order valence-electron chi connectivity index (χ2n) is 4.85. The number of ether oxygens (including phenoxy) is 1. The van der Waals surface area contributed by atoms with Gasteiger partial charge in [0.25, 0.3) is 5.91 Å². The number of nitrogens with zero attached hydrogens (tertiary/aromatic N) is 1. The number of benzene rings is 1. The minimum atomic E-state index is -0.185. The van der Waals surface area contributed by atoms with E-state index in [2.05, 4.69) is 10.3 Å². The number of nitrogens with one attached hydrogen (secondary N) is 1. The molecule has 0 saturated heterocycles. The molecule has 2 aromatic rings. The highest BCUT2D eigenvalue weighted by Crippen LogP contribution is 2.29. The summed E-state index contributed by atoms with van der Waals surface area (Å²) in [5.41, 5.74) is 6.26. The zero-order valence-corrected chi connectivity index (χ0v) is 15.0. The fraction of sp³-hybridized carbons (Fsp3) is 0.333. The molecular formula is C15H20Cl3N3O2. The molecule has 128 valence electrons. The molecule has 0 aliphatic rings. The number of halogens is 3. The van der Waals surface area contributed by atoms with Crippen LogP contribution in [-0.2, 0) is 4.79 Å². The Bertz CT molecular complexity index is 638. The van der Waals surface area contributed by atoms with Crippen molar-refractivity contribution >= 4 is 53.2 Å². The maximum absolute atomic E-state index is 11.7. The lowest BCUT2D eigenvalue weighted by Crippen LogP contribution is -2.32. The largest absolute Gasteiger partial charge is 0.481 e. The van der Waals surface area contributed by atoms with E-state index in [1.54, 1.807) is 24.4 Å². The number of aromatic nitrogens is 1. The molecule has 0 fully saturated rings. The van der Waals surface area contributed by atoms with Crippen LogP contribution in [0.2, 0.25) is 5.02 Å². The summed E-state index contributed by atoms with van der Waals surface area (Å²) in [4.78, 5) is 15.9. The number of nitrogens with two attached hydrogens (primary N) is 1. The van der Waals surface area contributed by atoms with Crippen molar-refractivity contribution in [1.82, 2.24) is 10.3 Å². The average Bonchev–Trinajstić information content (AvgIpc) is 2.46. The fourth-order valence-electron chi connectivity index (χ4n) is 1.86. The van der Waals surface area contributed by atoms with Crippen molar-refractivity contribution in [2.75, 3.05) is 13.2 Å². The highest BCUT2D eigenvalue weighted by molar-refractivity contribution is 6.35. The van der Waals surface area contributed by atoms with Gasteiger partial charge < -0.3 is 15.8 Å². The summed E-state index contributed by atoms with van der Waals surface area (Å²) in [5, 5.41) is 4.16. The lowest BCUT2D eigenvalue weighted by Gasteiger charge is -2.10. The molecular weight excluding hydrogens is 361 g/mol. The molecule has 2 rings (SSSR count). The Morgan fingerprint density at radius 1 is 1.39 bits per heavy atom. The molecule has 3 N–H and O–H groups in total. The van der Waals surface area contributed by atoms with Crippen molar-refractivity contribution in [1.29, 1.82) is 0 Å². The van der Waals surface area contributed by atoms with Crippen LogP contribution in [0.4, 0.5) is 0 Å². The van der Waals surface area contributed by atoms with Gasteiger partial charge in [0.1, 0.15) is 11.3 Å². The molecule has 8 heteroatoms. The number of amides is 1. The van der Waals surface area contributed by atoms with Crippen LogP contribution in [0.25, 0.3) is 10.9 Å². The first kappa shape index (κ1) is 21.7. The zero-order valence-electron chi connectivity index (χ0n) is 12.6. The Kier molecular flexibility index (Phi) is 9.91. The Morgan fingerprint density at radius 3 is 2.83 bits per heavy atom. The van der Waals surface area contributed by atoms with Gasteiger partial charge in [0.05, 0.1) is 5.02 Å². The van der Waals surface area contributed by atoms with E-state index in [4.69, 9.17) is 22.1 Å². The van der Waals surface area contributed by atoms with Crippen molar-refractivity contribution in [2.24, 2.45) is 5.73 Å². The predicted octanol–water partition coefficient (Wildman–Crippen LogP) is 2.96. The van der Waals surface area contributed by atoms with E-state index in [9.17, 15) is 4.79 Å². The molecule has 0 radical (unpaired) electrons. The smallest absolute Gasteiger partial charge is 0.257 e. The topological polar surface area (TPSA) is 77.2 Å². The van der Waals surface area contributed by atoms with Gasteiger partial charge in [-0.05, 0) is 37.6 Å². The summed E-state index contributed by atoms with van der Waals surface area (Å²) in [6.07, 6.45) is 2.39. The van der Waals surface area contributed by atoms with Crippen molar-refractivity contribution in [3.8, 4) is 5.75 Å². The summed E-state index contributed by atoms with van der Waals surface area (Å²) in [6, 6.07) is 7.18. The first-order valence-corrected chi connectivity index (χ1v) is 7.14. The van der Waals surface area contributed by atoms with Crippen LogP contribution < -0.4 is 15.8 Å². The lowest BCUT2D eigenvalue weighted by atomic mass is 10.2. The maximum Gasteiger partial charge on any atom is 0.257 e. The van der Waals surface area contributed by atoms with Gasteiger partial charge in [0.2, 0.25) is 0 Å². The van der Waals surface area contributed by atoms with Crippen LogP contribution in [-0.4, -0.2) is 30.1 Å². The van der Waals surface area contributed by atoms with Gasteiger partial charge >= 0.3 is 0 Å². The van der Waals surface area contributed by atoms with Gasteiger partial charge in [-0.3, -0.25) is 9.78 Å². The van der Waals surface area contributed by atoms with Crippen LogP contribution in [0.5, 0.6) is 5.75 Å². The van der Waals surface area contributed by atoms with Gasteiger partial charge in [-0.25, -0.2) is 0 Å². The Morgan fingerprint density at radius 2 is 2.13 bits per heavy atom. The molecule has 1 aromatic carbocycles. The van der Waals surface area contributed by atoms with Crippen LogP contribution in [0.1, 0.15) is 13.3 Å². The standard InChI is InChI=1S/C15H18ClN3O2.2ClH/c1-10(17)6-8-18-14(20)9-21-13-5-4-12(16)11-3-2-7-19-15(11)13;;/h2-5,7,10H,6,8-9,17H2,1H3,(H,18,20);2*1H. The minimum absolute atomic E-state index is 0. The van der Waals surface area contributed by atoms with Gasteiger partial charge in [-0.2, -0.15) is 0 Å². The summed E-state index contributed by atoms with van der Waals surface area (Å²) in [7, 11) is 0. The molecule has 1 unspecified atom stereocenters. The molecule has 0 aliphatic heterocycles. The Labute approximate surface area is 152 Å². The van der Waals surface area contributed by atoms with Crippen LogP contribution >= 0.6 is 36.4 Å². The van der Waals surface area contributed by atoms with Crippen LogP contribution in [0.15, 0.2) is 30.5 Å². The second kappa shape index (κ2) is 10.5. The van der Waals surface area contributed by atoms with Crippen molar-refractivity contribution < 1.29 is 9.53 Å². The maximum atomic E-state index is 11.7. The monoisotopic (exact) mass is 379 g/mol. The molecule has 5 nitrogen and oxygen atoms in total. The first-order chi connectivity index (χ1) is 10.1. The molecule has 1 amide bonds. The summed E-state index contributed by atoms with van der Waals surface area (Å²) in [6.45, 7) is 2.37. The average molecular weight is 381 g/mol. The number of rotatable bonds is 6. The number of fused-ring (bicyclic) bond motifs is 1. The van der Waals surface area contributed by atoms with Crippen molar-refractivity contribution in [3.05, 3.63) is 35.5 Å². The number of hydrogen-bond acceptors (Lipinski definition) is 4. The zero-order chi connectivity index (χ0) is 15.2. The summed E-state index contributed by atoms with van der Waals surface area (Å²) >= 11 is 6.10. The highest BCUT2D eigenvalue weighted by atomic mass is 35.5. The van der Waals surface area contributed by atoms with Crippen LogP contribution in [0.3, 0.4) is 0 Å². The molecule has 23 heavy (non-hydrogen) atoms. The number of hydrogen-bond donors (Lipinski definition) is 2. The van der Waals surface area contributed by atoms with Crippen molar-refractivity contribution in [3.63, 3.8) is 0 Å². The molecule has 0 saturated carbocycles. The molecule has 1 heterocycles. The van der Waals surface area contributed by atoms with Crippen molar-refractivity contribution in [2.45, 2.75) is 19.4 Å². The normalized spacial score (nSPS) is 11.1. The van der Waals surface area contributed by atoms with Gasteiger partial charge in [-0.1, -0.05) is 11.6 Å². The second-order valence-corrected chi connectivity index (χ2v) is 5.26. The molecule has 0 aliphatic carbocycles. The SMILES string of the molecule is CC(N)CCNC(=O)COc1ccc(Cl)c2cccnc12.Cl.Cl. The quantitative estimate of drug-likeness (QED) is 0.807. The van der Waals surface area contributed by atoms with E-state index < -0.39 is 0 Å². The highest BCUT2D eigenvalue weighted by Gasteiger charge is 2.09. The number of pyridine rings is 1. The third kappa shape index (κ3) is 6.39. The van der Waals surface area contributed by atoms with Crippen LogP contribution in [0, 0.1) is 0 Å². The van der Waals surface area contributed by atoms with E-state index in [-0.39, 0.29) is 43.4 Å². The molecule has 1 atom stereocenters. The van der Waals surface area contributed by atoms with E-state index in [1.165, 1.54) is 0 Å². The third-order valence-electron chi connectivity index (χ3n) is 2.96. The summed E-state index contributed by atoms with van der Waals surface area (Å²) < 4.78 is 5.53. The lowest BCUT2D eigenvalue weighted by molar-refractivity contribution is -0.123. The molecule has 0 spiro atoms. The van der Waals surface area contributed by atoms with E-state index in [0.29, 0.717) is 22.8 Å².